The van der Waals surface area contributed by atoms with E-state index in [0.717, 1.165) is 16.7 Å². The van der Waals surface area contributed by atoms with Crippen LogP contribution in [0.5, 0.6) is 11.5 Å². The van der Waals surface area contributed by atoms with Gasteiger partial charge in [-0.1, -0.05) is 42.5 Å². The molecular weight excluding hydrogens is 390 g/mol. The van der Waals surface area contributed by atoms with Crippen LogP contribution >= 0.6 is 0 Å². The lowest BCUT2D eigenvalue weighted by Gasteiger charge is -2.13. The molecule has 31 heavy (non-hydrogen) atoms. The van der Waals surface area contributed by atoms with Crippen molar-refractivity contribution in [3.63, 3.8) is 0 Å². The molecule has 6 heteroatoms. The molecule has 1 aromatic heterocycles. The molecule has 0 radical (unpaired) electrons. The van der Waals surface area contributed by atoms with Crippen molar-refractivity contribution < 1.29 is 14.3 Å². The minimum Gasteiger partial charge on any atom is -0.497 e. The number of nitrogens with zero attached hydrogens (tertiary/aromatic N) is 2. The first-order valence-corrected chi connectivity index (χ1v) is 9.86. The Morgan fingerprint density at radius 1 is 0.935 bits per heavy atom. The fourth-order valence-electron chi connectivity index (χ4n) is 3.38. The molecule has 156 valence electrons. The summed E-state index contributed by atoms with van der Waals surface area (Å²) in [5.74, 6) is 1.01. The number of rotatable bonds is 7. The Bertz CT molecular complexity index is 1150. The average molecular weight is 413 g/mol. The van der Waals surface area contributed by atoms with Gasteiger partial charge in [0.15, 0.2) is 0 Å². The molecule has 3 aromatic carbocycles. The maximum absolute atomic E-state index is 13.1. The van der Waals surface area contributed by atoms with Gasteiger partial charge in [-0.15, -0.1) is 0 Å². The molecular formula is C25H23N3O3. The van der Waals surface area contributed by atoms with Gasteiger partial charge in [0.05, 0.1) is 20.8 Å². The van der Waals surface area contributed by atoms with Crippen LogP contribution in [0.2, 0.25) is 0 Å². The Morgan fingerprint density at radius 2 is 1.65 bits per heavy atom. The second kappa shape index (κ2) is 9.17. The van der Waals surface area contributed by atoms with Gasteiger partial charge in [0.25, 0.3) is 5.91 Å². The Labute approximate surface area is 181 Å². The number of nitrogens with one attached hydrogen (secondary N) is 1. The molecule has 4 rings (SSSR count). The second-order valence-electron chi connectivity index (χ2n) is 7.00. The minimum absolute atomic E-state index is 0.202. The normalized spacial score (nSPS) is 10.5. The number of methoxy groups -OCH3 is 2. The maximum Gasteiger partial charge on any atom is 0.256 e. The molecule has 0 fully saturated rings. The van der Waals surface area contributed by atoms with Crippen molar-refractivity contribution in [1.29, 1.82) is 0 Å². The number of carbonyl (C=O) groups excluding carboxylic acids is 1. The van der Waals surface area contributed by atoms with Crippen LogP contribution < -0.4 is 14.8 Å². The Balaban J connectivity index is 1.58. The summed E-state index contributed by atoms with van der Waals surface area (Å²) in [7, 11) is 3.15. The predicted molar refractivity (Wildman–Crippen MR) is 121 cm³/mol. The predicted octanol–water partition coefficient (Wildman–Crippen LogP) is 4.87. The molecule has 1 N–H and O–H groups in total. The van der Waals surface area contributed by atoms with Crippen molar-refractivity contribution in [2.75, 3.05) is 19.5 Å². The summed E-state index contributed by atoms with van der Waals surface area (Å²) in [4.78, 5) is 13.1. The van der Waals surface area contributed by atoms with E-state index >= 15 is 0 Å². The molecule has 0 aliphatic heterocycles. The molecule has 1 heterocycles. The number of hydrogen-bond acceptors (Lipinski definition) is 4. The lowest BCUT2D eigenvalue weighted by Crippen LogP contribution is -2.13. The number of aromatic nitrogens is 2. The smallest absolute Gasteiger partial charge is 0.256 e. The molecule has 0 aliphatic rings. The Hall–Kier alpha value is -4.06. The largest absolute Gasteiger partial charge is 0.497 e. The monoisotopic (exact) mass is 413 g/mol. The molecule has 0 unspecified atom stereocenters. The fourth-order valence-corrected chi connectivity index (χ4v) is 3.38. The zero-order valence-corrected chi connectivity index (χ0v) is 17.4. The van der Waals surface area contributed by atoms with E-state index in [9.17, 15) is 4.79 Å². The Morgan fingerprint density at radius 3 is 2.29 bits per heavy atom. The SMILES string of the molecule is COc1cc(NC(=O)c2ccccc2-c2ccc(Cn3cccn3)cc2)cc(OC)c1. The highest BCUT2D eigenvalue weighted by molar-refractivity contribution is 6.08. The van der Waals surface area contributed by atoms with E-state index in [1.54, 1.807) is 38.6 Å². The van der Waals surface area contributed by atoms with Gasteiger partial charge in [-0.25, -0.2) is 0 Å². The Kier molecular flexibility index (Phi) is 5.98. The highest BCUT2D eigenvalue weighted by Gasteiger charge is 2.14. The zero-order valence-electron chi connectivity index (χ0n) is 17.4. The first-order valence-electron chi connectivity index (χ1n) is 9.86. The molecule has 6 nitrogen and oxygen atoms in total. The van der Waals surface area contributed by atoms with E-state index in [1.165, 1.54) is 0 Å². The van der Waals surface area contributed by atoms with Gasteiger partial charge in [0.1, 0.15) is 11.5 Å². The van der Waals surface area contributed by atoms with Gasteiger partial charge in [-0.3, -0.25) is 9.48 Å². The van der Waals surface area contributed by atoms with E-state index < -0.39 is 0 Å². The van der Waals surface area contributed by atoms with Crippen LogP contribution in [0.4, 0.5) is 5.69 Å². The van der Waals surface area contributed by atoms with E-state index in [0.29, 0.717) is 29.3 Å². The summed E-state index contributed by atoms with van der Waals surface area (Å²) >= 11 is 0. The van der Waals surface area contributed by atoms with Crippen LogP contribution in [0, 0.1) is 0 Å². The molecule has 0 saturated heterocycles. The highest BCUT2D eigenvalue weighted by atomic mass is 16.5. The van der Waals surface area contributed by atoms with Crippen molar-refractivity contribution in [3.8, 4) is 22.6 Å². The van der Waals surface area contributed by atoms with Crippen LogP contribution in [0.25, 0.3) is 11.1 Å². The first-order chi connectivity index (χ1) is 15.2. The van der Waals surface area contributed by atoms with Gasteiger partial charge in [0.2, 0.25) is 0 Å². The van der Waals surface area contributed by atoms with Gasteiger partial charge in [-0.2, -0.15) is 5.10 Å². The van der Waals surface area contributed by atoms with Gasteiger partial charge in [-0.05, 0) is 28.8 Å². The number of anilines is 1. The molecule has 0 atom stereocenters. The summed E-state index contributed by atoms with van der Waals surface area (Å²) in [5, 5.41) is 7.19. The summed E-state index contributed by atoms with van der Waals surface area (Å²) in [6.07, 6.45) is 3.70. The second-order valence-corrected chi connectivity index (χ2v) is 7.00. The number of ether oxygens (including phenoxy) is 2. The van der Waals surface area contributed by atoms with Gasteiger partial charge >= 0.3 is 0 Å². The van der Waals surface area contributed by atoms with E-state index in [1.807, 2.05) is 53.3 Å². The van der Waals surface area contributed by atoms with Gasteiger partial charge < -0.3 is 14.8 Å². The summed E-state index contributed by atoms with van der Waals surface area (Å²) in [6.45, 7) is 0.701. The summed E-state index contributed by atoms with van der Waals surface area (Å²) < 4.78 is 12.5. The van der Waals surface area contributed by atoms with Crippen molar-refractivity contribution in [2.45, 2.75) is 6.54 Å². The third-order valence-electron chi connectivity index (χ3n) is 4.95. The highest BCUT2D eigenvalue weighted by Crippen LogP contribution is 2.28. The zero-order chi connectivity index (χ0) is 21.6. The molecule has 1 amide bonds. The summed E-state index contributed by atoms with van der Waals surface area (Å²) in [6, 6.07) is 22.9. The van der Waals surface area contributed by atoms with Crippen LogP contribution in [0.15, 0.2) is 85.2 Å². The summed E-state index contributed by atoms with van der Waals surface area (Å²) in [5.41, 5.74) is 4.16. The van der Waals surface area contributed by atoms with Crippen LogP contribution in [0.3, 0.4) is 0 Å². The first kappa shape index (κ1) is 20.2. The molecule has 0 spiro atoms. The van der Waals surface area contributed by atoms with E-state index in [-0.39, 0.29) is 5.91 Å². The third kappa shape index (κ3) is 4.75. The molecule has 4 aromatic rings. The number of amides is 1. The fraction of sp³-hybridized carbons (Fsp3) is 0.120. The number of hydrogen-bond donors (Lipinski definition) is 1. The van der Waals surface area contributed by atoms with Crippen LogP contribution in [-0.2, 0) is 6.54 Å². The van der Waals surface area contributed by atoms with Crippen molar-refractivity contribution in [2.24, 2.45) is 0 Å². The number of benzene rings is 3. The lowest BCUT2D eigenvalue weighted by molar-refractivity contribution is 0.102. The number of carbonyl (C=O) groups is 1. The average Bonchev–Trinajstić information content (AvgIpc) is 3.32. The van der Waals surface area contributed by atoms with Crippen LogP contribution in [-0.4, -0.2) is 29.9 Å². The molecule has 0 bridgehead atoms. The molecule has 0 saturated carbocycles. The van der Waals surface area contributed by atoms with Crippen molar-refractivity contribution in [3.05, 3.63) is 96.3 Å². The van der Waals surface area contributed by atoms with E-state index in [4.69, 9.17) is 9.47 Å². The minimum atomic E-state index is -0.202. The van der Waals surface area contributed by atoms with Crippen molar-refractivity contribution >= 4 is 11.6 Å². The van der Waals surface area contributed by atoms with E-state index in [2.05, 4.69) is 22.5 Å². The maximum atomic E-state index is 13.1. The van der Waals surface area contributed by atoms with Gasteiger partial charge in [0, 0.05) is 41.8 Å². The van der Waals surface area contributed by atoms with Crippen molar-refractivity contribution in [1.82, 2.24) is 9.78 Å². The topological polar surface area (TPSA) is 65.4 Å². The quantitative estimate of drug-likeness (QED) is 0.470. The third-order valence-corrected chi connectivity index (χ3v) is 4.95. The standard InChI is InChI=1S/C25H23N3O3/c1-30-21-14-20(15-22(16-21)31-2)27-25(29)24-7-4-3-6-23(24)19-10-8-18(9-11-19)17-28-13-5-12-26-28/h3-16H,17H2,1-2H3,(H,27,29). The molecule has 0 aliphatic carbocycles. The van der Waals surface area contributed by atoms with Crippen LogP contribution in [0.1, 0.15) is 15.9 Å². The lowest BCUT2D eigenvalue weighted by atomic mass is 9.98.